The van der Waals surface area contributed by atoms with Crippen LogP contribution in [0.2, 0.25) is 0 Å². The van der Waals surface area contributed by atoms with E-state index in [9.17, 15) is 9.59 Å². The number of ether oxygens (including phenoxy) is 5. The standard InChI is InChI=1S/C19H22N2O7/c1-24-18(22)14-7-26-11-21(16(14)19(23)25-2)13-5-3-12(4-6-13)17-15-8-27-9-20(15)10-28-17/h3-6,15,17H,7-11H2,1-2H3. The zero-order valence-corrected chi connectivity index (χ0v) is 15.8. The Bertz CT molecular complexity index is 792. The van der Waals surface area contributed by atoms with E-state index in [-0.39, 0.29) is 36.8 Å². The van der Waals surface area contributed by atoms with Crippen molar-refractivity contribution in [2.24, 2.45) is 0 Å². The maximum Gasteiger partial charge on any atom is 0.355 e. The zero-order chi connectivity index (χ0) is 19.7. The molecular weight excluding hydrogens is 368 g/mol. The highest BCUT2D eigenvalue weighted by molar-refractivity contribution is 6.03. The molecule has 3 aliphatic heterocycles. The van der Waals surface area contributed by atoms with E-state index in [4.69, 9.17) is 23.7 Å². The predicted octanol–water partition coefficient (Wildman–Crippen LogP) is 0.768. The Morgan fingerprint density at radius 3 is 2.46 bits per heavy atom. The van der Waals surface area contributed by atoms with Gasteiger partial charge in [-0.1, -0.05) is 12.1 Å². The molecule has 0 amide bonds. The SMILES string of the molecule is COC(=O)C1=C(C(=O)OC)N(c2ccc(C3OCN4COCC34)cc2)COC1. The molecule has 150 valence electrons. The maximum atomic E-state index is 12.4. The highest BCUT2D eigenvalue weighted by Crippen LogP contribution is 2.35. The van der Waals surface area contributed by atoms with Crippen molar-refractivity contribution in [1.29, 1.82) is 0 Å². The first-order chi connectivity index (χ1) is 13.6. The zero-order valence-electron chi connectivity index (χ0n) is 15.8. The van der Waals surface area contributed by atoms with E-state index in [2.05, 4.69) is 4.90 Å². The topological polar surface area (TPSA) is 86.8 Å². The lowest BCUT2D eigenvalue weighted by molar-refractivity contribution is -0.140. The van der Waals surface area contributed by atoms with E-state index in [1.54, 1.807) is 4.90 Å². The van der Waals surface area contributed by atoms with Crippen LogP contribution < -0.4 is 4.90 Å². The van der Waals surface area contributed by atoms with Crippen LogP contribution in [0.4, 0.5) is 5.69 Å². The monoisotopic (exact) mass is 390 g/mol. The van der Waals surface area contributed by atoms with E-state index in [0.717, 1.165) is 5.56 Å². The number of carbonyl (C=O) groups is 2. The van der Waals surface area contributed by atoms with Gasteiger partial charge in [-0.25, -0.2) is 14.5 Å². The molecule has 9 nitrogen and oxygen atoms in total. The molecule has 0 aliphatic carbocycles. The van der Waals surface area contributed by atoms with Crippen molar-refractivity contribution in [2.75, 3.05) is 52.5 Å². The number of benzene rings is 1. The molecule has 2 fully saturated rings. The molecule has 1 aromatic rings. The first kappa shape index (κ1) is 18.9. The Kier molecular flexibility index (Phi) is 5.31. The van der Waals surface area contributed by atoms with Crippen molar-refractivity contribution in [3.8, 4) is 0 Å². The second-order valence-corrected chi connectivity index (χ2v) is 6.68. The van der Waals surface area contributed by atoms with Gasteiger partial charge in [0, 0.05) is 5.69 Å². The molecule has 2 saturated heterocycles. The fraction of sp³-hybridized carbons (Fsp3) is 0.474. The molecule has 0 N–H and O–H groups in total. The predicted molar refractivity (Wildman–Crippen MR) is 95.9 cm³/mol. The number of methoxy groups -OCH3 is 2. The van der Waals surface area contributed by atoms with Crippen molar-refractivity contribution < 1.29 is 33.3 Å². The number of fused-ring (bicyclic) bond motifs is 1. The third kappa shape index (κ3) is 3.26. The van der Waals surface area contributed by atoms with Gasteiger partial charge in [-0.2, -0.15) is 0 Å². The molecular formula is C19H22N2O7. The smallest absolute Gasteiger partial charge is 0.355 e. The second-order valence-electron chi connectivity index (χ2n) is 6.68. The fourth-order valence-electron chi connectivity index (χ4n) is 3.70. The molecule has 3 aliphatic rings. The minimum Gasteiger partial charge on any atom is -0.466 e. The molecule has 0 radical (unpaired) electrons. The van der Waals surface area contributed by atoms with Gasteiger partial charge in [0.2, 0.25) is 0 Å². The minimum atomic E-state index is -0.623. The molecule has 0 saturated carbocycles. The first-order valence-electron chi connectivity index (χ1n) is 8.92. The van der Waals surface area contributed by atoms with E-state index >= 15 is 0 Å². The maximum absolute atomic E-state index is 12.4. The summed E-state index contributed by atoms with van der Waals surface area (Å²) in [4.78, 5) is 28.2. The van der Waals surface area contributed by atoms with Gasteiger partial charge in [0.25, 0.3) is 0 Å². The van der Waals surface area contributed by atoms with Crippen LogP contribution in [0.3, 0.4) is 0 Å². The number of hydrogen-bond donors (Lipinski definition) is 0. The Hall–Kier alpha value is -2.46. The van der Waals surface area contributed by atoms with Gasteiger partial charge in [0.15, 0.2) is 0 Å². The van der Waals surface area contributed by atoms with Gasteiger partial charge < -0.3 is 28.6 Å². The van der Waals surface area contributed by atoms with Crippen molar-refractivity contribution in [3.63, 3.8) is 0 Å². The van der Waals surface area contributed by atoms with Crippen LogP contribution in [0.1, 0.15) is 11.7 Å². The van der Waals surface area contributed by atoms with Crippen LogP contribution in [-0.2, 0) is 33.3 Å². The summed E-state index contributed by atoms with van der Waals surface area (Å²) in [6.45, 7) is 1.89. The Morgan fingerprint density at radius 2 is 1.75 bits per heavy atom. The molecule has 0 aromatic heterocycles. The van der Waals surface area contributed by atoms with Crippen LogP contribution in [0, 0.1) is 0 Å². The summed E-state index contributed by atoms with van der Waals surface area (Å²) in [6.07, 6.45) is -0.0598. The fourth-order valence-corrected chi connectivity index (χ4v) is 3.70. The Morgan fingerprint density at radius 1 is 1.00 bits per heavy atom. The van der Waals surface area contributed by atoms with Crippen LogP contribution in [-0.4, -0.2) is 70.5 Å². The molecule has 2 atom stereocenters. The van der Waals surface area contributed by atoms with Gasteiger partial charge in [0.1, 0.15) is 32.0 Å². The molecule has 3 heterocycles. The van der Waals surface area contributed by atoms with Crippen LogP contribution in [0.5, 0.6) is 0 Å². The summed E-state index contributed by atoms with van der Waals surface area (Å²) in [5.41, 5.74) is 1.97. The number of hydrogen-bond acceptors (Lipinski definition) is 9. The van der Waals surface area contributed by atoms with Crippen LogP contribution >= 0.6 is 0 Å². The highest BCUT2D eigenvalue weighted by Gasteiger charge is 2.40. The number of carbonyl (C=O) groups excluding carboxylic acids is 2. The molecule has 0 bridgehead atoms. The first-order valence-corrected chi connectivity index (χ1v) is 8.92. The van der Waals surface area contributed by atoms with Crippen LogP contribution in [0.15, 0.2) is 35.5 Å². The highest BCUT2D eigenvalue weighted by atomic mass is 16.6. The Labute approximate surface area is 162 Å². The molecule has 28 heavy (non-hydrogen) atoms. The average molecular weight is 390 g/mol. The van der Waals surface area contributed by atoms with E-state index in [1.165, 1.54) is 14.2 Å². The molecule has 1 aromatic carbocycles. The average Bonchev–Trinajstić information content (AvgIpc) is 3.36. The third-order valence-corrected chi connectivity index (χ3v) is 5.15. The van der Waals surface area contributed by atoms with Crippen molar-refractivity contribution >= 4 is 17.6 Å². The molecule has 0 spiro atoms. The van der Waals surface area contributed by atoms with Crippen molar-refractivity contribution in [1.82, 2.24) is 4.90 Å². The summed E-state index contributed by atoms with van der Waals surface area (Å²) in [5, 5.41) is 0. The summed E-state index contributed by atoms with van der Waals surface area (Å²) >= 11 is 0. The number of rotatable bonds is 4. The lowest BCUT2D eigenvalue weighted by Crippen LogP contribution is -2.38. The molecule has 9 heteroatoms. The lowest BCUT2D eigenvalue weighted by atomic mass is 10.0. The summed E-state index contributed by atoms with van der Waals surface area (Å²) < 4.78 is 26.5. The second kappa shape index (κ2) is 7.88. The lowest BCUT2D eigenvalue weighted by Gasteiger charge is -2.31. The minimum absolute atomic E-state index is 0.0148. The normalized spacial score (nSPS) is 25.0. The van der Waals surface area contributed by atoms with Crippen molar-refractivity contribution in [3.05, 3.63) is 41.1 Å². The van der Waals surface area contributed by atoms with E-state index in [0.29, 0.717) is 25.8 Å². The van der Waals surface area contributed by atoms with Gasteiger partial charge in [-0.3, -0.25) is 0 Å². The summed E-state index contributed by atoms with van der Waals surface area (Å²) in [7, 11) is 2.53. The van der Waals surface area contributed by atoms with Gasteiger partial charge in [-0.15, -0.1) is 0 Å². The summed E-state index contributed by atoms with van der Waals surface area (Å²) in [6, 6.07) is 7.83. The van der Waals surface area contributed by atoms with Crippen LogP contribution in [0.25, 0.3) is 0 Å². The van der Waals surface area contributed by atoms with E-state index < -0.39 is 11.9 Å². The third-order valence-electron chi connectivity index (χ3n) is 5.15. The molecule has 2 unspecified atom stereocenters. The number of anilines is 1. The molecule has 4 rings (SSSR count). The Balaban J connectivity index is 1.62. The number of nitrogens with zero attached hydrogens (tertiary/aromatic N) is 2. The largest absolute Gasteiger partial charge is 0.466 e. The van der Waals surface area contributed by atoms with Gasteiger partial charge in [-0.05, 0) is 17.7 Å². The quantitative estimate of drug-likeness (QED) is 0.692. The van der Waals surface area contributed by atoms with Gasteiger partial charge in [0.05, 0.1) is 39.0 Å². The van der Waals surface area contributed by atoms with E-state index in [1.807, 2.05) is 24.3 Å². The number of esters is 2. The van der Waals surface area contributed by atoms with Gasteiger partial charge >= 0.3 is 11.9 Å². The summed E-state index contributed by atoms with van der Waals surface area (Å²) in [5.74, 6) is -1.24. The van der Waals surface area contributed by atoms with Crippen molar-refractivity contribution in [2.45, 2.75) is 12.1 Å².